The number of aryl methyl sites for hydroxylation is 2. The number of nitrogens with zero attached hydrogens (tertiary/aromatic N) is 2. The molecule has 3 N–H and O–H groups in total. The monoisotopic (exact) mass is 268 g/mol. The fraction of sp³-hybridized carbons (Fsp3) is 0.583. The number of carbonyl (C=O) groups is 1. The average molecular weight is 268 g/mol. The van der Waals surface area contributed by atoms with Gasteiger partial charge in [0, 0.05) is 19.3 Å². The Labute approximate surface area is 113 Å². The summed E-state index contributed by atoms with van der Waals surface area (Å²) in [4.78, 5) is 12.5. The van der Waals surface area contributed by atoms with E-state index in [4.69, 9.17) is 18.0 Å². The summed E-state index contributed by atoms with van der Waals surface area (Å²) in [6, 6.07) is 0. The third kappa shape index (κ3) is 3.80. The fourth-order valence-electron chi connectivity index (χ4n) is 1.82. The van der Waals surface area contributed by atoms with E-state index in [1.165, 1.54) is 0 Å². The molecule has 5 nitrogen and oxygen atoms in total. The van der Waals surface area contributed by atoms with Crippen LogP contribution in [0.3, 0.4) is 0 Å². The summed E-state index contributed by atoms with van der Waals surface area (Å²) >= 11 is 4.79. The van der Waals surface area contributed by atoms with E-state index >= 15 is 0 Å². The van der Waals surface area contributed by atoms with E-state index in [0.29, 0.717) is 17.1 Å². The van der Waals surface area contributed by atoms with E-state index in [1.54, 1.807) is 4.68 Å². The van der Waals surface area contributed by atoms with Gasteiger partial charge in [0.05, 0.1) is 16.2 Å². The molecule has 0 aliphatic rings. The largest absolute Gasteiger partial charge is 0.393 e. The number of nitrogens with two attached hydrogens (primary N) is 1. The molecule has 18 heavy (non-hydrogen) atoms. The molecule has 0 aromatic carbocycles. The van der Waals surface area contributed by atoms with Crippen LogP contribution in [0.2, 0.25) is 0 Å². The first-order chi connectivity index (χ1) is 8.43. The standard InChI is InChI=1S/C12H20N4OS/c1-8-11(9(2)16(3)15-8)12(17)14-7-5-4-6-10(13)18/h4-7H2,1-3H3,(H2,13,18)(H,14,17). The third-order valence-electron chi connectivity index (χ3n) is 2.87. The quantitative estimate of drug-likeness (QED) is 0.601. The number of thiocarbonyl (C=S) groups is 1. The maximum Gasteiger partial charge on any atom is 0.255 e. The first-order valence-electron chi connectivity index (χ1n) is 6.00. The Bertz CT molecular complexity index is 453. The van der Waals surface area contributed by atoms with Crippen LogP contribution in [0.4, 0.5) is 0 Å². The molecule has 0 saturated heterocycles. The van der Waals surface area contributed by atoms with Gasteiger partial charge < -0.3 is 11.1 Å². The smallest absolute Gasteiger partial charge is 0.255 e. The zero-order chi connectivity index (χ0) is 13.7. The average Bonchev–Trinajstić information content (AvgIpc) is 2.52. The Morgan fingerprint density at radius 1 is 1.44 bits per heavy atom. The van der Waals surface area contributed by atoms with Crippen LogP contribution < -0.4 is 11.1 Å². The van der Waals surface area contributed by atoms with Crippen LogP contribution in [0.5, 0.6) is 0 Å². The van der Waals surface area contributed by atoms with Crippen LogP contribution >= 0.6 is 12.2 Å². The summed E-state index contributed by atoms with van der Waals surface area (Å²) < 4.78 is 1.72. The molecule has 0 unspecified atom stereocenters. The number of hydrogen-bond acceptors (Lipinski definition) is 3. The topological polar surface area (TPSA) is 72.9 Å². The van der Waals surface area contributed by atoms with Gasteiger partial charge in [-0.05, 0) is 33.1 Å². The zero-order valence-electron chi connectivity index (χ0n) is 11.1. The molecule has 6 heteroatoms. The van der Waals surface area contributed by atoms with Crippen LogP contribution in [-0.4, -0.2) is 27.2 Å². The molecule has 1 amide bonds. The number of aromatic nitrogens is 2. The van der Waals surface area contributed by atoms with Gasteiger partial charge in [0.25, 0.3) is 5.91 Å². The maximum absolute atomic E-state index is 12.0. The van der Waals surface area contributed by atoms with Crippen molar-refractivity contribution in [3.05, 3.63) is 17.0 Å². The molecule has 1 aromatic rings. The van der Waals surface area contributed by atoms with Gasteiger partial charge in [-0.15, -0.1) is 0 Å². The second kappa shape index (κ2) is 6.49. The minimum absolute atomic E-state index is 0.0616. The van der Waals surface area contributed by atoms with Crippen molar-refractivity contribution in [3.8, 4) is 0 Å². The number of amides is 1. The lowest BCUT2D eigenvalue weighted by atomic mass is 10.2. The van der Waals surface area contributed by atoms with Crippen molar-refractivity contribution >= 4 is 23.1 Å². The Morgan fingerprint density at radius 3 is 2.61 bits per heavy atom. The number of unbranched alkanes of at least 4 members (excludes halogenated alkanes) is 1. The summed E-state index contributed by atoms with van der Waals surface area (Å²) in [7, 11) is 1.83. The molecule has 1 rings (SSSR count). The Hall–Kier alpha value is -1.43. The van der Waals surface area contributed by atoms with Crippen LogP contribution in [0.15, 0.2) is 0 Å². The van der Waals surface area contributed by atoms with E-state index in [1.807, 2.05) is 20.9 Å². The second-order valence-electron chi connectivity index (χ2n) is 4.35. The maximum atomic E-state index is 12.0. The number of nitrogens with one attached hydrogen (secondary N) is 1. The Balaban J connectivity index is 2.44. The molecule has 0 atom stereocenters. The second-order valence-corrected chi connectivity index (χ2v) is 4.87. The van der Waals surface area contributed by atoms with Crippen molar-refractivity contribution in [2.24, 2.45) is 12.8 Å². The predicted octanol–water partition coefficient (Wildman–Crippen LogP) is 1.22. The summed E-state index contributed by atoms with van der Waals surface area (Å²) in [6.45, 7) is 4.37. The van der Waals surface area contributed by atoms with Crippen molar-refractivity contribution in [2.45, 2.75) is 33.1 Å². The highest BCUT2D eigenvalue weighted by atomic mass is 32.1. The van der Waals surface area contributed by atoms with Crippen molar-refractivity contribution < 1.29 is 4.79 Å². The van der Waals surface area contributed by atoms with Gasteiger partial charge in [0.2, 0.25) is 0 Å². The van der Waals surface area contributed by atoms with Gasteiger partial charge in [-0.25, -0.2) is 0 Å². The minimum Gasteiger partial charge on any atom is -0.393 e. The van der Waals surface area contributed by atoms with Crippen LogP contribution in [0.25, 0.3) is 0 Å². The zero-order valence-corrected chi connectivity index (χ0v) is 11.9. The van der Waals surface area contributed by atoms with E-state index in [9.17, 15) is 4.79 Å². The lowest BCUT2D eigenvalue weighted by Gasteiger charge is -2.05. The lowest BCUT2D eigenvalue weighted by Crippen LogP contribution is -2.25. The van der Waals surface area contributed by atoms with E-state index < -0.39 is 0 Å². The molecule has 0 aliphatic heterocycles. The summed E-state index contributed by atoms with van der Waals surface area (Å²) in [5, 5.41) is 7.11. The van der Waals surface area contributed by atoms with Crippen LogP contribution in [0, 0.1) is 13.8 Å². The van der Waals surface area contributed by atoms with Crippen molar-refractivity contribution in [3.63, 3.8) is 0 Å². The Kier molecular flexibility index (Phi) is 5.27. The van der Waals surface area contributed by atoms with Gasteiger partial charge in [0.15, 0.2) is 0 Å². The molecule has 0 radical (unpaired) electrons. The summed E-state index contributed by atoms with van der Waals surface area (Å²) in [5.74, 6) is -0.0616. The first-order valence-corrected chi connectivity index (χ1v) is 6.41. The molecule has 0 bridgehead atoms. The van der Waals surface area contributed by atoms with Crippen molar-refractivity contribution in [2.75, 3.05) is 6.54 Å². The molecular weight excluding hydrogens is 248 g/mol. The highest BCUT2D eigenvalue weighted by Gasteiger charge is 2.16. The number of carbonyl (C=O) groups excluding carboxylic acids is 1. The van der Waals surface area contributed by atoms with Gasteiger partial charge in [-0.3, -0.25) is 9.48 Å². The lowest BCUT2D eigenvalue weighted by molar-refractivity contribution is 0.0952. The molecule has 0 saturated carbocycles. The minimum atomic E-state index is -0.0616. The van der Waals surface area contributed by atoms with E-state index in [0.717, 1.165) is 30.7 Å². The molecule has 0 fully saturated rings. The first kappa shape index (κ1) is 14.6. The van der Waals surface area contributed by atoms with E-state index in [2.05, 4.69) is 10.4 Å². The summed E-state index contributed by atoms with van der Waals surface area (Å²) in [6.07, 6.45) is 2.51. The van der Waals surface area contributed by atoms with Crippen LogP contribution in [0.1, 0.15) is 41.0 Å². The molecule has 1 heterocycles. The van der Waals surface area contributed by atoms with Crippen molar-refractivity contribution in [1.82, 2.24) is 15.1 Å². The normalized spacial score (nSPS) is 10.4. The van der Waals surface area contributed by atoms with Gasteiger partial charge in [0.1, 0.15) is 0 Å². The van der Waals surface area contributed by atoms with Gasteiger partial charge in [-0.1, -0.05) is 12.2 Å². The SMILES string of the molecule is Cc1nn(C)c(C)c1C(=O)NCCCCC(N)=S. The molecule has 100 valence electrons. The summed E-state index contributed by atoms with van der Waals surface area (Å²) in [5.41, 5.74) is 7.72. The third-order valence-corrected chi connectivity index (χ3v) is 3.08. The van der Waals surface area contributed by atoms with Gasteiger partial charge >= 0.3 is 0 Å². The molecule has 0 spiro atoms. The van der Waals surface area contributed by atoms with Crippen LogP contribution in [-0.2, 0) is 7.05 Å². The highest BCUT2D eigenvalue weighted by molar-refractivity contribution is 7.80. The van der Waals surface area contributed by atoms with E-state index in [-0.39, 0.29) is 5.91 Å². The molecule has 0 aliphatic carbocycles. The van der Waals surface area contributed by atoms with Gasteiger partial charge in [-0.2, -0.15) is 5.10 Å². The number of rotatable bonds is 6. The Morgan fingerprint density at radius 2 is 2.11 bits per heavy atom. The molecular formula is C12H20N4OS. The molecule has 1 aromatic heterocycles. The predicted molar refractivity (Wildman–Crippen MR) is 75.7 cm³/mol. The fourth-order valence-corrected chi connectivity index (χ4v) is 1.96. The van der Waals surface area contributed by atoms with Crippen molar-refractivity contribution in [1.29, 1.82) is 0 Å². The highest BCUT2D eigenvalue weighted by Crippen LogP contribution is 2.11. The number of hydrogen-bond donors (Lipinski definition) is 2.